The lowest BCUT2D eigenvalue weighted by atomic mass is 9.48. The molecule has 0 spiro atoms. The van der Waals surface area contributed by atoms with E-state index >= 15 is 0 Å². The molecule has 4 nitrogen and oxygen atoms in total. The summed E-state index contributed by atoms with van der Waals surface area (Å²) in [5, 5.41) is 34.0. The van der Waals surface area contributed by atoms with Crippen LogP contribution < -0.4 is 0 Å². The number of aromatic hydroxyl groups is 2. The predicted octanol–water partition coefficient (Wildman–Crippen LogP) is 4.54. The average Bonchev–Trinajstić information content (AvgIpc) is 2.80. The lowest BCUT2D eigenvalue weighted by Gasteiger charge is -2.66. The zero-order valence-corrected chi connectivity index (χ0v) is 18.8. The Morgan fingerprint density at radius 1 is 1.03 bits per heavy atom. The fourth-order valence-electron chi connectivity index (χ4n) is 7.30. The molecule has 2 aromatic rings. The maximum atomic E-state index is 12.6. The number of benzene rings is 2. The highest BCUT2D eigenvalue weighted by atomic mass is 16.3. The summed E-state index contributed by atoms with van der Waals surface area (Å²) in [7, 11) is 0. The van der Waals surface area contributed by atoms with Crippen molar-refractivity contribution in [2.24, 2.45) is 5.92 Å². The number of piperidine rings is 1. The maximum absolute atomic E-state index is 12.6. The number of phenolic OH excluding ortho intramolecular Hbond substituents is 2. The smallest absolute Gasteiger partial charge is 0.161 e. The zero-order valence-electron chi connectivity index (χ0n) is 18.8. The van der Waals surface area contributed by atoms with Gasteiger partial charge in [-0.3, -0.25) is 4.90 Å². The lowest BCUT2D eigenvalue weighted by molar-refractivity contribution is -0.208. The quantitative estimate of drug-likeness (QED) is 0.637. The van der Waals surface area contributed by atoms with Gasteiger partial charge in [-0.25, -0.2) is 0 Å². The second kappa shape index (κ2) is 7.25. The van der Waals surface area contributed by atoms with E-state index in [-0.39, 0.29) is 17.0 Å². The van der Waals surface area contributed by atoms with E-state index < -0.39 is 11.0 Å². The number of aliphatic hydroxyl groups is 1. The highest BCUT2D eigenvalue weighted by Crippen LogP contribution is 2.64. The molecule has 3 aliphatic rings. The van der Waals surface area contributed by atoms with Crippen molar-refractivity contribution in [2.75, 3.05) is 13.1 Å². The number of hydrogen-bond acceptors (Lipinski definition) is 4. The molecule has 2 unspecified atom stereocenters. The van der Waals surface area contributed by atoms with Crippen LogP contribution in [0.15, 0.2) is 42.5 Å². The molecular weight excluding hydrogens is 386 g/mol. The van der Waals surface area contributed by atoms with Gasteiger partial charge in [-0.1, -0.05) is 43.3 Å². The van der Waals surface area contributed by atoms with E-state index in [0.29, 0.717) is 5.92 Å². The summed E-state index contributed by atoms with van der Waals surface area (Å²) >= 11 is 0. The molecule has 5 rings (SSSR count). The minimum absolute atomic E-state index is 0.00740. The van der Waals surface area contributed by atoms with Gasteiger partial charge in [0.05, 0.1) is 5.60 Å². The number of hydrogen-bond donors (Lipinski definition) is 3. The molecule has 0 radical (unpaired) electrons. The SMILES string of the molecule is CC1CCC2(O)[C@]3(CCN(CCc4ccccc4)[C@]2(C)CCc2ccc(O)c(O)c23)C1. The van der Waals surface area contributed by atoms with Gasteiger partial charge in [-0.05, 0) is 81.5 Å². The van der Waals surface area contributed by atoms with Crippen LogP contribution in [-0.4, -0.2) is 44.4 Å². The Labute approximate surface area is 185 Å². The van der Waals surface area contributed by atoms with E-state index in [1.165, 1.54) is 5.56 Å². The summed E-state index contributed by atoms with van der Waals surface area (Å²) in [6, 6.07) is 14.2. The Kier molecular flexibility index (Phi) is 4.87. The number of likely N-dealkylation sites (tertiary alicyclic amines) is 1. The third-order valence-electron chi connectivity index (χ3n) is 9.00. The standard InChI is InChI=1S/C27H35NO3/c1-19-10-14-27(31)25(2)13-11-21-8-9-22(29)24(30)23(21)26(27,18-19)15-17-28(25)16-12-20-6-4-3-5-7-20/h3-9,19,29-31H,10-18H2,1-2H3/t19?,25-,26-,27?/m1/s1. The molecule has 2 aromatic carbocycles. The van der Waals surface area contributed by atoms with E-state index in [9.17, 15) is 15.3 Å². The second-order valence-electron chi connectivity index (χ2n) is 10.5. The Hall–Kier alpha value is -2.04. The fourth-order valence-corrected chi connectivity index (χ4v) is 7.30. The first-order chi connectivity index (χ1) is 14.8. The molecule has 4 heteroatoms. The number of fused-ring (bicyclic) bond motifs is 1. The van der Waals surface area contributed by atoms with Gasteiger partial charge in [0, 0.05) is 23.1 Å². The van der Waals surface area contributed by atoms with Gasteiger partial charge in [0.2, 0.25) is 0 Å². The number of rotatable bonds is 3. The maximum Gasteiger partial charge on any atom is 0.161 e. The van der Waals surface area contributed by atoms with Crippen LogP contribution in [0.1, 0.15) is 62.6 Å². The molecule has 31 heavy (non-hydrogen) atoms. The third kappa shape index (κ3) is 2.87. The first kappa shape index (κ1) is 20.8. The van der Waals surface area contributed by atoms with Gasteiger partial charge < -0.3 is 15.3 Å². The molecule has 2 fully saturated rings. The molecule has 1 saturated carbocycles. The van der Waals surface area contributed by atoms with Gasteiger partial charge in [-0.15, -0.1) is 0 Å². The van der Waals surface area contributed by atoms with Crippen LogP contribution in [0.25, 0.3) is 0 Å². The van der Waals surface area contributed by atoms with E-state index in [0.717, 1.165) is 69.2 Å². The summed E-state index contributed by atoms with van der Waals surface area (Å²) in [5.41, 5.74) is 1.42. The highest BCUT2D eigenvalue weighted by Gasteiger charge is 2.68. The van der Waals surface area contributed by atoms with Gasteiger partial charge in [0.1, 0.15) is 0 Å². The van der Waals surface area contributed by atoms with Crippen molar-refractivity contribution in [1.29, 1.82) is 0 Å². The highest BCUT2D eigenvalue weighted by molar-refractivity contribution is 5.56. The van der Waals surface area contributed by atoms with Gasteiger partial charge >= 0.3 is 0 Å². The van der Waals surface area contributed by atoms with Crippen molar-refractivity contribution < 1.29 is 15.3 Å². The molecule has 2 bridgehead atoms. The fraction of sp³-hybridized carbons (Fsp3) is 0.556. The van der Waals surface area contributed by atoms with Gasteiger partial charge in [0.15, 0.2) is 11.5 Å². The Morgan fingerprint density at radius 2 is 1.81 bits per heavy atom. The Morgan fingerprint density at radius 3 is 2.58 bits per heavy atom. The van der Waals surface area contributed by atoms with Crippen molar-refractivity contribution in [3.05, 3.63) is 59.2 Å². The van der Waals surface area contributed by atoms with Crippen LogP contribution in [-0.2, 0) is 18.3 Å². The molecule has 0 aromatic heterocycles. The molecule has 2 aliphatic carbocycles. The van der Waals surface area contributed by atoms with E-state index in [1.807, 2.05) is 6.07 Å². The van der Waals surface area contributed by atoms with Gasteiger partial charge in [0.25, 0.3) is 0 Å². The Balaban J connectivity index is 1.60. The van der Waals surface area contributed by atoms with Crippen LogP contribution in [0.5, 0.6) is 11.5 Å². The summed E-state index contributed by atoms with van der Waals surface area (Å²) in [5.74, 6) is 0.406. The molecule has 4 atom stereocenters. The van der Waals surface area contributed by atoms with Crippen molar-refractivity contribution in [3.63, 3.8) is 0 Å². The monoisotopic (exact) mass is 421 g/mol. The molecule has 0 amide bonds. The minimum Gasteiger partial charge on any atom is -0.504 e. The number of phenols is 2. The van der Waals surface area contributed by atoms with Crippen molar-refractivity contribution in [3.8, 4) is 11.5 Å². The summed E-state index contributed by atoms with van der Waals surface area (Å²) in [6.07, 6.45) is 6.02. The van der Waals surface area contributed by atoms with E-state index in [2.05, 4.69) is 49.1 Å². The van der Waals surface area contributed by atoms with Gasteiger partial charge in [-0.2, -0.15) is 0 Å². The van der Waals surface area contributed by atoms with Crippen LogP contribution in [0.4, 0.5) is 0 Å². The Bertz CT molecular complexity index is 976. The average molecular weight is 422 g/mol. The lowest BCUT2D eigenvalue weighted by Crippen LogP contribution is -2.75. The first-order valence-electron chi connectivity index (χ1n) is 11.9. The largest absolute Gasteiger partial charge is 0.504 e. The van der Waals surface area contributed by atoms with Crippen LogP contribution in [0, 0.1) is 5.92 Å². The molecular formula is C27H35NO3. The van der Waals surface area contributed by atoms with Crippen LogP contribution >= 0.6 is 0 Å². The van der Waals surface area contributed by atoms with Crippen molar-refractivity contribution in [1.82, 2.24) is 4.90 Å². The normalized spacial score (nSPS) is 35.1. The second-order valence-corrected chi connectivity index (χ2v) is 10.5. The number of aryl methyl sites for hydroxylation is 1. The van der Waals surface area contributed by atoms with Crippen molar-refractivity contribution in [2.45, 2.75) is 75.3 Å². The molecule has 1 heterocycles. The predicted molar refractivity (Wildman–Crippen MR) is 122 cm³/mol. The molecule has 166 valence electrons. The van der Waals surface area contributed by atoms with Crippen LogP contribution in [0.2, 0.25) is 0 Å². The summed E-state index contributed by atoms with van der Waals surface area (Å²) < 4.78 is 0. The zero-order chi connectivity index (χ0) is 21.9. The van der Waals surface area contributed by atoms with E-state index in [1.54, 1.807) is 6.07 Å². The molecule has 3 N–H and O–H groups in total. The third-order valence-corrected chi connectivity index (χ3v) is 9.00. The summed E-state index contributed by atoms with van der Waals surface area (Å²) in [6.45, 7) is 6.33. The topological polar surface area (TPSA) is 63.9 Å². The molecule has 1 aliphatic heterocycles. The molecule has 1 saturated heterocycles. The van der Waals surface area contributed by atoms with Crippen molar-refractivity contribution >= 4 is 0 Å². The summed E-state index contributed by atoms with van der Waals surface area (Å²) in [4.78, 5) is 2.52. The number of nitrogens with zero attached hydrogens (tertiary/aromatic N) is 1. The minimum atomic E-state index is -0.933. The van der Waals surface area contributed by atoms with Crippen LogP contribution in [0.3, 0.4) is 0 Å². The van der Waals surface area contributed by atoms with E-state index in [4.69, 9.17) is 0 Å². The first-order valence-corrected chi connectivity index (χ1v) is 11.9.